The molecule has 1 unspecified atom stereocenters. The van der Waals surface area contributed by atoms with Crippen molar-refractivity contribution in [2.45, 2.75) is 18.7 Å². The Kier molecular flexibility index (Phi) is 4.43. The number of halogens is 2. The van der Waals surface area contributed by atoms with Crippen LogP contribution in [0, 0.1) is 12.7 Å². The van der Waals surface area contributed by atoms with Crippen molar-refractivity contribution in [3.63, 3.8) is 0 Å². The Bertz CT molecular complexity index is 551. The van der Waals surface area contributed by atoms with E-state index in [1.807, 2.05) is 31.2 Å². The zero-order valence-electron chi connectivity index (χ0n) is 11.0. The van der Waals surface area contributed by atoms with Crippen LogP contribution in [0.2, 0.25) is 0 Å². The first-order valence-electron chi connectivity index (χ1n) is 6.13. The minimum absolute atomic E-state index is 0.158. The Balaban J connectivity index is 2.13. The third-order valence-corrected chi connectivity index (χ3v) is 3.53. The summed E-state index contributed by atoms with van der Waals surface area (Å²) in [7, 11) is 1.64. The van der Waals surface area contributed by atoms with Gasteiger partial charge in [-0.05, 0) is 54.3 Å². The van der Waals surface area contributed by atoms with Gasteiger partial charge in [-0.3, -0.25) is 0 Å². The summed E-state index contributed by atoms with van der Waals surface area (Å²) in [6.07, 6.45) is 0.706. The van der Waals surface area contributed by atoms with E-state index in [9.17, 15) is 4.39 Å². The van der Waals surface area contributed by atoms with E-state index in [-0.39, 0.29) is 11.2 Å². The van der Waals surface area contributed by atoms with Crippen LogP contribution in [-0.2, 0) is 6.42 Å². The summed E-state index contributed by atoms with van der Waals surface area (Å²) in [5, 5.41) is -0.158. The molecule has 2 aromatic carbocycles. The van der Waals surface area contributed by atoms with E-state index in [0.717, 1.165) is 22.4 Å². The molecule has 0 radical (unpaired) electrons. The van der Waals surface area contributed by atoms with Gasteiger partial charge in [0.15, 0.2) is 0 Å². The predicted octanol–water partition coefficient (Wildman–Crippen LogP) is 4.67. The van der Waals surface area contributed by atoms with Crippen molar-refractivity contribution in [3.05, 3.63) is 65.0 Å². The van der Waals surface area contributed by atoms with Crippen molar-refractivity contribution in [2.24, 2.45) is 0 Å². The third kappa shape index (κ3) is 3.48. The zero-order chi connectivity index (χ0) is 13.8. The van der Waals surface area contributed by atoms with E-state index in [1.54, 1.807) is 13.2 Å². The molecule has 3 heteroatoms. The molecule has 0 N–H and O–H groups in total. The predicted molar refractivity (Wildman–Crippen MR) is 76.4 cm³/mol. The minimum atomic E-state index is -0.227. The van der Waals surface area contributed by atoms with Crippen molar-refractivity contribution >= 4 is 11.6 Å². The molecule has 100 valence electrons. The van der Waals surface area contributed by atoms with E-state index in [2.05, 4.69) is 0 Å². The van der Waals surface area contributed by atoms with Gasteiger partial charge in [-0.15, -0.1) is 11.6 Å². The number of aryl methyl sites for hydroxylation is 1. The molecule has 1 atom stereocenters. The van der Waals surface area contributed by atoms with Gasteiger partial charge in [0.05, 0.1) is 12.5 Å². The largest absolute Gasteiger partial charge is 0.497 e. The highest BCUT2D eigenvalue weighted by molar-refractivity contribution is 6.21. The number of alkyl halides is 1. The second-order valence-corrected chi connectivity index (χ2v) is 5.05. The monoisotopic (exact) mass is 278 g/mol. The number of hydrogen-bond acceptors (Lipinski definition) is 1. The fourth-order valence-corrected chi connectivity index (χ4v) is 2.49. The number of ether oxygens (including phenoxy) is 1. The van der Waals surface area contributed by atoms with E-state index >= 15 is 0 Å². The third-order valence-electron chi connectivity index (χ3n) is 3.14. The maximum absolute atomic E-state index is 13.1. The van der Waals surface area contributed by atoms with Crippen molar-refractivity contribution in [2.75, 3.05) is 7.11 Å². The minimum Gasteiger partial charge on any atom is -0.497 e. The second kappa shape index (κ2) is 6.07. The zero-order valence-corrected chi connectivity index (χ0v) is 11.7. The van der Waals surface area contributed by atoms with Gasteiger partial charge in [0.2, 0.25) is 0 Å². The molecule has 0 aliphatic rings. The maximum atomic E-state index is 13.1. The number of benzene rings is 2. The molecule has 1 nitrogen and oxygen atoms in total. The number of hydrogen-bond donors (Lipinski definition) is 0. The molecule has 2 rings (SSSR count). The van der Waals surface area contributed by atoms with Crippen LogP contribution in [0.25, 0.3) is 0 Å². The molecule has 0 aromatic heterocycles. The van der Waals surface area contributed by atoms with Crippen molar-refractivity contribution < 1.29 is 9.13 Å². The van der Waals surface area contributed by atoms with Crippen molar-refractivity contribution in [1.82, 2.24) is 0 Å². The topological polar surface area (TPSA) is 9.23 Å². The number of rotatable bonds is 4. The van der Waals surface area contributed by atoms with Crippen LogP contribution in [0.15, 0.2) is 42.5 Å². The van der Waals surface area contributed by atoms with Gasteiger partial charge in [-0.25, -0.2) is 4.39 Å². The van der Waals surface area contributed by atoms with E-state index in [0.29, 0.717) is 6.42 Å². The smallest absolute Gasteiger partial charge is 0.123 e. The standard InChI is InChI=1S/C16H16ClFO/c1-11-9-13(18)5-8-15(11)16(17)10-12-3-6-14(19-2)7-4-12/h3-9,16H,10H2,1-2H3. The van der Waals surface area contributed by atoms with Crippen LogP contribution in [0.1, 0.15) is 22.1 Å². The lowest BCUT2D eigenvalue weighted by Crippen LogP contribution is -1.99. The van der Waals surface area contributed by atoms with E-state index in [4.69, 9.17) is 16.3 Å². The van der Waals surface area contributed by atoms with Gasteiger partial charge in [0, 0.05) is 0 Å². The Hall–Kier alpha value is -1.54. The highest BCUT2D eigenvalue weighted by atomic mass is 35.5. The summed E-state index contributed by atoms with van der Waals surface area (Å²) < 4.78 is 18.2. The fraction of sp³-hybridized carbons (Fsp3) is 0.250. The first-order chi connectivity index (χ1) is 9.10. The van der Waals surface area contributed by atoms with Gasteiger partial charge in [0.1, 0.15) is 11.6 Å². The average Bonchev–Trinajstić information content (AvgIpc) is 2.39. The number of methoxy groups -OCH3 is 1. The highest BCUT2D eigenvalue weighted by Crippen LogP contribution is 2.28. The maximum Gasteiger partial charge on any atom is 0.123 e. The van der Waals surface area contributed by atoms with Crippen LogP contribution >= 0.6 is 11.6 Å². The van der Waals surface area contributed by atoms with Crippen molar-refractivity contribution in [3.8, 4) is 5.75 Å². The van der Waals surface area contributed by atoms with Crippen LogP contribution < -0.4 is 4.74 Å². The first-order valence-corrected chi connectivity index (χ1v) is 6.57. The van der Waals surface area contributed by atoms with Gasteiger partial charge < -0.3 is 4.74 Å². The molecule has 0 fully saturated rings. The summed E-state index contributed by atoms with van der Waals surface area (Å²) in [5.41, 5.74) is 2.98. The molecule has 0 aliphatic carbocycles. The van der Waals surface area contributed by atoms with Crippen LogP contribution in [-0.4, -0.2) is 7.11 Å². The van der Waals surface area contributed by atoms with Gasteiger partial charge in [-0.1, -0.05) is 18.2 Å². The molecule has 0 aliphatic heterocycles. The fourth-order valence-electron chi connectivity index (χ4n) is 2.07. The first kappa shape index (κ1) is 13.9. The Morgan fingerprint density at radius 2 is 1.84 bits per heavy atom. The van der Waals surface area contributed by atoms with Crippen LogP contribution in [0.4, 0.5) is 4.39 Å². The van der Waals surface area contributed by atoms with Crippen LogP contribution in [0.5, 0.6) is 5.75 Å². The quantitative estimate of drug-likeness (QED) is 0.739. The van der Waals surface area contributed by atoms with Crippen LogP contribution in [0.3, 0.4) is 0 Å². The van der Waals surface area contributed by atoms with E-state index < -0.39 is 0 Å². The lowest BCUT2D eigenvalue weighted by atomic mass is 10.00. The molecule has 19 heavy (non-hydrogen) atoms. The average molecular weight is 279 g/mol. The molecule has 0 saturated carbocycles. The highest BCUT2D eigenvalue weighted by Gasteiger charge is 2.12. The second-order valence-electron chi connectivity index (χ2n) is 4.52. The van der Waals surface area contributed by atoms with Gasteiger partial charge in [0.25, 0.3) is 0 Å². The Morgan fingerprint density at radius 3 is 2.42 bits per heavy atom. The van der Waals surface area contributed by atoms with Gasteiger partial charge >= 0.3 is 0 Å². The molecule has 0 bridgehead atoms. The summed E-state index contributed by atoms with van der Waals surface area (Å²) in [4.78, 5) is 0. The molecular formula is C16H16ClFO. The van der Waals surface area contributed by atoms with Crippen molar-refractivity contribution in [1.29, 1.82) is 0 Å². The molecule has 0 amide bonds. The Labute approximate surface area is 118 Å². The summed E-state index contributed by atoms with van der Waals surface area (Å²) >= 11 is 6.42. The Morgan fingerprint density at radius 1 is 1.16 bits per heavy atom. The lowest BCUT2D eigenvalue weighted by molar-refractivity contribution is 0.414. The molecular weight excluding hydrogens is 263 g/mol. The molecule has 2 aromatic rings. The normalized spacial score (nSPS) is 12.2. The SMILES string of the molecule is COc1ccc(CC(Cl)c2ccc(F)cc2C)cc1. The van der Waals surface area contributed by atoms with Gasteiger partial charge in [-0.2, -0.15) is 0 Å². The molecule has 0 heterocycles. The van der Waals surface area contributed by atoms with E-state index in [1.165, 1.54) is 12.1 Å². The lowest BCUT2D eigenvalue weighted by Gasteiger charge is -2.13. The summed E-state index contributed by atoms with van der Waals surface area (Å²) in [5.74, 6) is 0.599. The molecule has 0 saturated heterocycles. The summed E-state index contributed by atoms with van der Waals surface area (Å²) in [6, 6.07) is 12.5. The summed E-state index contributed by atoms with van der Waals surface area (Å²) in [6.45, 7) is 1.88. The molecule has 0 spiro atoms.